The van der Waals surface area contributed by atoms with Crippen LogP contribution in [0.2, 0.25) is 0 Å². The Balaban J connectivity index is 3.14. The number of hydrogen-bond donors (Lipinski definition) is 1. The molecule has 0 rings (SSSR count). The summed E-state index contributed by atoms with van der Waals surface area (Å²) >= 11 is 3.67. The molecular weight excluding hydrogens is 118 g/mol. The predicted octanol–water partition coefficient (Wildman–Crippen LogP) is 1.82. The molecule has 0 aliphatic carbocycles. The molecule has 0 aromatic heterocycles. The van der Waals surface area contributed by atoms with Crippen LogP contribution < -0.4 is 0 Å². The maximum Gasteiger partial charge on any atom is 0.241 e. The van der Waals surface area contributed by atoms with Crippen molar-refractivity contribution in [2.45, 2.75) is 13.3 Å². The number of thiol groups is 1. The van der Waals surface area contributed by atoms with Crippen molar-refractivity contribution in [3.05, 3.63) is 0 Å². The highest BCUT2D eigenvalue weighted by Crippen LogP contribution is 2.08. The first kappa shape index (κ1) is 7.21. The van der Waals surface area contributed by atoms with Crippen LogP contribution in [0, 0.1) is 5.92 Å². The first-order valence-electron chi connectivity index (χ1n) is 2.07. The molecule has 0 aromatic rings. The molecule has 0 spiro atoms. The van der Waals surface area contributed by atoms with E-state index in [0.29, 0.717) is 0 Å². The van der Waals surface area contributed by atoms with E-state index in [9.17, 15) is 8.78 Å². The molecule has 3 heteroatoms. The molecule has 0 aliphatic heterocycles. The first-order valence-corrected chi connectivity index (χ1v) is 2.70. The Morgan fingerprint density at radius 3 is 2.00 bits per heavy atom. The zero-order valence-electron chi connectivity index (χ0n) is 4.06. The quantitative estimate of drug-likeness (QED) is 0.536. The van der Waals surface area contributed by atoms with Gasteiger partial charge in [-0.3, -0.25) is 0 Å². The van der Waals surface area contributed by atoms with Crippen LogP contribution in [-0.4, -0.2) is 12.2 Å². The van der Waals surface area contributed by atoms with Crippen LogP contribution in [0.25, 0.3) is 0 Å². The number of hydrogen-bond acceptors (Lipinski definition) is 1. The molecule has 0 saturated heterocycles. The molecule has 0 fully saturated rings. The molecule has 0 aliphatic rings. The van der Waals surface area contributed by atoms with E-state index >= 15 is 0 Å². The summed E-state index contributed by atoms with van der Waals surface area (Å²) in [5.41, 5.74) is 0. The van der Waals surface area contributed by atoms with Crippen molar-refractivity contribution in [1.29, 1.82) is 0 Å². The Bertz CT molecular complexity index is 47.0. The summed E-state index contributed by atoms with van der Waals surface area (Å²) in [7, 11) is 0. The minimum Gasteiger partial charge on any atom is -0.210 e. The SMILES string of the molecule is CC(CS)C(F)F. The van der Waals surface area contributed by atoms with Gasteiger partial charge in [-0.2, -0.15) is 12.6 Å². The van der Waals surface area contributed by atoms with Gasteiger partial charge < -0.3 is 0 Å². The van der Waals surface area contributed by atoms with Gasteiger partial charge in [-0.05, 0) is 5.75 Å². The van der Waals surface area contributed by atoms with Crippen LogP contribution in [0.1, 0.15) is 6.92 Å². The second-order valence-electron chi connectivity index (χ2n) is 1.49. The molecule has 44 valence electrons. The Morgan fingerprint density at radius 1 is 1.57 bits per heavy atom. The summed E-state index contributed by atoms with van der Waals surface area (Å²) in [5.74, 6) is -0.305. The Morgan fingerprint density at radius 2 is 2.00 bits per heavy atom. The van der Waals surface area contributed by atoms with E-state index < -0.39 is 12.3 Å². The van der Waals surface area contributed by atoms with Gasteiger partial charge in [-0.1, -0.05) is 6.92 Å². The maximum atomic E-state index is 11.4. The smallest absolute Gasteiger partial charge is 0.210 e. The average Bonchev–Trinajstić information content (AvgIpc) is 1.65. The normalized spacial score (nSPS) is 15.0. The topological polar surface area (TPSA) is 0 Å². The highest BCUT2D eigenvalue weighted by molar-refractivity contribution is 7.80. The van der Waals surface area contributed by atoms with Crippen LogP contribution >= 0.6 is 12.6 Å². The van der Waals surface area contributed by atoms with E-state index in [0.717, 1.165) is 0 Å². The standard InChI is InChI=1S/C4H8F2S/c1-3(2-7)4(5)6/h3-4,7H,2H2,1H3. The molecular formula is C4H8F2S. The molecule has 0 N–H and O–H groups in total. The highest BCUT2D eigenvalue weighted by Gasteiger charge is 2.10. The molecule has 1 atom stereocenters. The second-order valence-corrected chi connectivity index (χ2v) is 1.86. The van der Waals surface area contributed by atoms with Crippen molar-refractivity contribution in [2.24, 2.45) is 5.92 Å². The second kappa shape index (κ2) is 3.24. The van der Waals surface area contributed by atoms with Gasteiger partial charge in [0.1, 0.15) is 0 Å². The average molecular weight is 126 g/mol. The van der Waals surface area contributed by atoms with Gasteiger partial charge in [0.05, 0.1) is 0 Å². The third-order valence-corrected chi connectivity index (χ3v) is 1.29. The van der Waals surface area contributed by atoms with Crippen molar-refractivity contribution in [3.63, 3.8) is 0 Å². The lowest BCUT2D eigenvalue weighted by Gasteiger charge is -2.02. The van der Waals surface area contributed by atoms with Crippen LogP contribution in [0.5, 0.6) is 0 Å². The maximum absolute atomic E-state index is 11.4. The van der Waals surface area contributed by atoms with E-state index in [2.05, 4.69) is 12.6 Å². The minimum absolute atomic E-state index is 0.262. The van der Waals surface area contributed by atoms with Crippen molar-refractivity contribution in [2.75, 3.05) is 5.75 Å². The fraction of sp³-hybridized carbons (Fsp3) is 1.00. The molecule has 0 aromatic carbocycles. The lowest BCUT2D eigenvalue weighted by molar-refractivity contribution is 0.0979. The van der Waals surface area contributed by atoms with Gasteiger partial charge in [-0.25, -0.2) is 8.78 Å². The predicted molar refractivity (Wildman–Crippen MR) is 29.0 cm³/mol. The lowest BCUT2D eigenvalue weighted by Crippen LogP contribution is -2.07. The Labute approximate surface area is 47.3 Å². The molecule has 0 heterocycles. The largest absolute Gasteiger partial charge is 0.241 e. The summed E-state index contributed by atoms with van der Waals surface area (Å²) in [5, 5.41) is 0. The molecule has 0 saturated carbocycles. The van der Waals surface area contributed by atoms with E-state index in [1.165, 1.54) is 6.92 Å². The van der Waals surface area contributed by atoms with Gasteiger partial charge in [0, 0.05) is 5.92 Å². The number of rotatable bonds is 2. The lowest BCUT2D eigenvalue weighted by atomic mass is 10.2. The highest BCUT2D eigenvalue weighted by atomic mass is 32.1. The van der Waals surface area contributed by atoms with Crippen LogP contribution in [0.3, 0.4) is 0 Å². The Kier molecular flexibility index (Phi) is 3.34. The monoisotopic (exact) mass is 126 g/mol. The van der Waals surface area contributed by atoms with Gasteiger partial charge in [0.25, 0.3) is 0 Å². The van der Waals surface area contributed by atoms with Crippen molar-refractivity contribution >= 4 is 12.6 Å². The summed E-state index contributed by atoms with van der Waals surface area (Å²) in [4.78, 5) is 0. The Hall–Kier alpha value is 0.210. The summed E-state index contributed by atoms with van der Waals surface area (Å²) < 4.78 is 22.8. The summed E-state index contributed by atoms with van der Waals surface area (Å²) in [6, 6.07) is 0. The zero-order chi connectivity index (χ0) is 5.86. The van der Waals surface area contributed by atoms with Gasteiger partial charge in [0.15, 0.2) is 0 Å². The third-order valence-electron chi connectivity index (χ3n) is 0.718. The molecule has 0 amide bonds. The molecule has 0 nitrogen and oxygen atoms in total. The van der Waals surface area contributed by atoms with Crippen molar-refractivity contribution in [3.8, 4) is 0 Å². The summed E-state index contributed by atoms with van der Waals surface area (Å²) in [6.07, 6.45) is -2.21. The number of halogens is 2. The minimum atomic E-state index is -2.21. The molecule has 1 unspecified atom stereocenters. The van der Waals surface area contributed by atoms with E-state index in [4.69, 9.17) is 0 Å². The summed E-state index contributed by atoms with van der Waals surface area (Å²) in [6.45, 7) is 1.47. The van der Waals surface area contributed by atoms with Gasteiger partial charge in [0.2, 0.25) is 6.43 Å². The van der Waals surface area contributed by atoms with E-state index in [1.807, 2.05) is 0 Å². The molecule has 0 radical (unpaired) electrons. The molecule has 7 heavy (non-hydrogen) atoms. The van der Waals surface area contributed by atoms with Crippen molar-refractivity contribution < 1.29 is 8.78 Å². The fourth-order valence-corrected chi connectivity index (χ4v) is 0.239. The molecule has 0 bridgehead atoms. The van der Waals surface area contributed by atoms with Crippen molar-refractivity contribution in [1.82, 2.24) is 0 Å². The van der Waals surface area contributed by atoms with Gasteiger partial charge >= 0.3 is 0 Å². The van der Waals surface area contributed by atoms with E-state index in [1.54, 1.807) is 0 Å². The van der Waals surface area contributed by atoms with Crippen LogP contribution in [0.4, 0.5) is 8.78 Å². The number of alkyl halides is 2. The van der Waals surface area contributed by atoms with Crippen LogP contribution in [0.15, 0.2) is 0 Å². The van der Waals surface area contributed by atoms with Gasteiger partial charge in [-0.15, -0.1) is 0 Å². The third kappa shape index (κ3) is 2.85. The van der Waals surface area contributed by atoms with Crippen LogP contribution in [-0.2, 0) is 0 Å². The van der Waals surface area contributed by atoms with E-state index in [-0.39, 0.29) is 5.75 Å². The zero-order valence-corrected chi connectivity index (χ0v) is 4.96. The fourth-order valence-electron chi connectivity index (χ4n) is 0.0797. The first-order chi connectivity index (χ1) is 3.18.